The van der Waals surface area contributed by atoms with Gasteiger partial charge >= 0.3 is 6.18 Å². The van der Waals surface area contributed by atoms with Gasteiger partial charge in [0.15, 0.2) is 0 Å². The largest absolute Gasteiger partial charge is 0.416 e. The van der Waals surface area contributed by atoms with Gasteiger partial charge in [0.25, 0.3) is 5.91 Å². The van der Waals surface area contributed by atoms with Gasteiger partial charge < -0.3 is 10.6 Å². The van der Waals surface area contributed by atoms with Crippen LogP contribution in [0.4, 0.5) is 24.8 Å². The Hall–Kier alpha value is -3.49. The van der Waals surface area contributed by atoms with Gasteiger partial charge in [-0.3, -0.25) is 9.78 Å². The van der Waals surface area contributed by atoms with Crippen LogP contribution in [-0.4, -0.2) is 20.9 Å². The van der Waals surface area contributed by atoms with Crippen LogP contribution in [-0.2, 0) is 12.7 Å². The van der Waals surface area contributed by atoms with Crippen LogP contribution in [0.2, 0.25) is 0 Å². The first-order chi connectivity index (χ1) is 12.9. The number of benzene rings is 1. The van der Waals surface area contributed by atoms with E-state index in [2.05, 4.69) is 25.6 Å². The van der Waals surface area contributed by atoms with Crippen LogP contribution in [0.15, 0.2) is 61.1 Å². The Morgan fingerprint density at radius 3 is 2.56 bits per heavy atom. The molecule has 0 bridgehead atoms. The van der Waals surface area contributed by atoms with E-state index in [1.807, 2.05) is 0 Å². The summed E-state index contributed by atoms with van der Waals surface area (Å²) in [6, 6.07) is 9.58. The van der Waals surface area contributed by atoms with E-state index in [-0.39, 0.29) is 17.3 Å². The van der Waals surface area contributed by atoms with Crippen molar-refractivity contribution in [3.05, 3.63) is 77.9 Å². The molecule has 1 amide bonds. The third-order valence-electron chi connectivity index (χ3n) is 3.54. The third kappa shape index (κ3) is 5.00. The number of nitrogens with one attached hydrogen (secondary N) is 2. The number of anilines is 2. The van der Waals surface area contributed by atoms with Gasteiger partial charge in [-0.15, -0.1) is 0 Å². The van der Waals surface area contributed by atoms with Gasteiger partial charge in [0, 0.05) is 30.8 Å². The second-order valence-electron chi connectivity index (χ2n) is 5.51. The number of aromatic nitrogens is 3. The molecule has 0 aliphatic heterocycles. The molecular weight excluding hydrogens is 359 g/mol. The fraction of sp³-hybridized carbons (Fsp3) is 0.111. The lowest BCUT2D eigenvalue weighted by molar-refractivity contribution is -0.137. The van der Waals surface area contributed by atoms with Gasteiger partial charge in [-0.25, -0.2) is 9.97 Å². The summed E-state index contributed by atoms with van der Waals surface area (Å²) in [5.74, 6) is -0.410. The van der Waals surface area contributed by atoms with Crippen molar-refractivity contribution in [3.8, 4) is 0 Å². The van der Waals surface area contributed by atoms with Crippen LogP contribution in [0.1, 0.15) is 21.6 Å². The van der Waals surface area contributed by atoms with Crippen LogP contribution in [0, 0.1) is 0 Å². The standard InChI is InChI=1S/C18H14F3N5O/c19-18(20,21)13-2-1-3-14(10-13)25-17-23-9-6-15(26-17)16(27)24-11-12-4-7-22-8-5-12/h1-10H,11H2,(H,24,27)(H,23,25,26). The average Bonchev–Trinajstić information content (AvgIpc) is 2.67. The maximum Gasteiger partial charge on any atom is 0.416 e. The van der Waals surface area contributed by atoms with Gasteiger partial charge in [-0.2, -0.15) is 13.2 Å². The highest BCUT2D eigenvalue weighted by Gasteiger charge is 2.30. The summed E-state index contributed by atoms with van der Waals surface area (Å²) in [5, 5.41) is 5.38. The van der Waals surface area contributed by atoms with Crippen molar-refractivity contribution in [2.24, 2.45) is 0 Å². The second kappa shape index (κ2) is 7.81. The first kappa shape index (κ1) is 18.3. The minimum Gasteiger partial charge on any atom is -0.347 e. The topological polar surface area (TPSA) is 79.8 Å². The molecule has 0 aliphatic rings. The molecule has 2 heterocycles. The Kier molecular flexibility index (Phi) is 5.30. The number of hydrogen-bond acceptors (Lipinski definition) is 5. The average molecular weight is 373 g/mol. The summed E-state index contributed by atoms with van der Waals surface area (Å²) < 4.78 is 38.4. The van der Waals surface area contributed by atoms with Gasteiger partial charge in [0.05, 0.1) is 5.56 Å². The Balaban J connectivity index is 1.69. The quantitative estimate of drug-likeness (QED) is 0.715. The van der Waals surface area contributed by atoms with Crippen LogP contribution in [0.25, 0.3) is 0 Å². The van der Waals surface area contributed by atoms with Gasteiger partial charge in [0.2, 0.25) is 5.95 Å². The molecule has 0 fully saturated rings. The Morgan fingerprint density at radius 1 is 1.04 bits per heavy atom. The predicted octanol–water partition coefficient (Wildman–Crippen LogP) is 3.56. The number of alkyl halides is 3. The molecule has 6 nitrogen and oxygen atoms in total. The highest BCUT2D eigenvalue weighted by atomic mass is 19.4. The van der Waals surface area contributed by atoms with Crippen LogP contribution in [0.5, 0.6) is 0 Å². The third-order valence-corrected chi connectivity index (χ3v) is 3.54. The normalized spacial score (nSPS) is 11.1. The van der Waals surface area contributed by atoms with Crippen molar-refractivity contribution in [3.63, 3.8) is 0 Å². The summed E-state index contributed by atoms with van der Waals surface area (Å²) in [4.78, 5) is 24.1. The number of carbonyl (C=O) groups is 1. The summed E-state index contributed by atoms with van der Waals surface area (Å²) in [5.41, 5.74) is 0.334. The molecule has 138 valence electrons. The highest BCUT2D eigenvalue weighted by molar-refractivity contribution is 5.92. The highest BCUT2D eigenvalue weighted by Crippen LogP contribution is 2.31. The Bertz CT molecular complexity index is 932. The van der Waals surface area contributed by atoms with Crippen LogP contribution >= 0.6 is 0 Å². The summed E-state index contributed by atoms with van der Waals surface area (Å²) in [6.45, 7) is 0.293. The zero-order valence-electron chi connectivity index (χ0n) is 13.9. The van der Waals surface area contributed by atoms with E-state index in [4.69, 9.17) is 0 Å². The minimum absolute atomic E-state index is 0.0193. The maximum atomic E-state index is 12.8. The number of rotatable bonds is 5. The van der Waals surface area contributed by atoms with Crippen molar-refractivity contribution < 1.29 is 18.0 Å². The lowest BCUT2D eigenvalue weighted by Crippen LogP contribution is -2.24. The van der Waals surface area contributed by atoms with E-state index < -0.39 is 17.6 Å². The smallest absolute Gasteiger partial charge is 0.347 e. The fourth-order valence-electron chi connectivity index (χ4n) is 2.22. The molecule has 0 atom stereocenters. The fourth-order valence-corrected chi connectivity index (χ4v) is 2.22. The second-order valence-corrected chi connectivity index (χ2v) is 5.51. The predicted molar refractivity (Wildman–Crippen MR) is 92.2 cm³/mol. The van der Waals surface area contributed by atoms with Crippen LogP contribution < -0.4 is 10.6 Å². The lowest BCUT2D eigenvalue weighted by Gasteiger charge is -2.10. The van der Waals surface area contributed by atoms with E-state index in [9.17, 15) is 18.0 Å². The summed E-state index contributed by atoms with van der Waals surface area (Å²) in [7, 11) is 0. The van der Waals surface area contributed by atoms with E-state index in [0.29, 0.717) is 6.54 Å². The monoisotopic (exact) mass is 373 g/mol. The zero-order valence-corrected chi connectivity index (χ0v) is 13.9. The van der Waals surface area contributed by atoms with Crippen LogP contribution in [0.3, 0.4) is 0 Å². The zero-order chi connectivity index (χ0) is 19.3. The van der Waals surface area contributed by atoms with E-state index in [0.717, 1.165) is 17.7 Å². The SMILES string of the molecule is O=C(NCc1ccncc1)c1ccnc(Nc2cccc(C(F)(F)F)c2)n1. The van der Waals surface area contributed by atoms with E-state index in [1.54, 1.807) is 24.5 Å². The van der Waals surface area contributed by atoms with E-state index in [1.165, 1.54) is 24.4 Å². The minimum atomic E-state index is -4.45. The summed E-state index contributed by atoms with van der Waals surface area (Å²) >= 11 is 0. The number of carbonyl (C=O) groups excluding carboxylic acids is 1. The number of amides is 1. The van der Waals surface area contributed by atoms with E-state index >= 15 is 0 Å². The van der Waals surface area contributed by atoms with Gasteiger partial charge in [0.1, 0.15) is 5.69 Å². The van der Waals surface area contributed by atoms with Crippen molar-refractivity contribution in [2.75, 3.05) is 5.32 Å². The van der Waals surface area contributed by atoms with Crippen molar-refractivity contribution in [1.29, 1.82) is 0 Å². The molecule has 2 aromatic heterocycles. The lowest BCUT2D eigenvalue weighted by atomic mass is 10.2. The van der Waals surface area contributed by atoms with Crippen molar-refractivity contribution >= 4 is 17.5 Å². The Labute approximate surface area is 152 Å². The van der Waals surface area contributed by atoms with Crippen molar-refractivity contribution in [2.45, 2.75) is 12.7 Å². The molecule has 0 saturated heterocycles. The molecule has 0 aliphatic carbocycles. The molecule has 2 N–H and O–H groups in total. The van der Waals surface area contributed by atoms with Gasteiger partial charge in [-0.1, -0.05) is 6.07 Å². The molecule has 0 unspecified atom stereocenters. The number of hydrogen-bond donors (Lipinski definition) is 2. The first-order valence-corrected chi connectivity index (χ1v) is 7.86. The molecule has 3 aromatic rings. The molecule has 9 heteroatoms. The molecule has 0 radical (unpaired) electrons. The summed E-state index contributed by atoms with van der Waals surface area (Å²) in [6.07, 6.45) is 0.129. The molecule has 3 rings (SSSR count). The number of pyridine rings is 1. The van der Waals surface area contributed by atoms with Gasteiger partial charge in [-0.05, 0) is 42.0 Å². The number of halogens is 3. The molecule has 27 heavy (non-hydrogen) atoms. The maximum absolute atomic E-state index is 12.8. The number of nitrogens with zero attached hydrogens (tertiary/aromatic N) is 3. The first-order valence-electron chi connectivity index (χ1n) is 7.86. The molecule has 0 saturated carbocycles. The van der Waals surface area contributed by atoms with Crippen molar-refractivity contribution in [1.82, 2.24) is 20.3 Å². The Morgan fingerprint density at radius 2 is 1.81 bits per heavy atom. The molecular formula is C18H14F3N5O. The molecule has 1 aromatic carbocycles. The molecule has 0 spiro atoms.